The lowest BCUT2D eigenvalue weighted by Crippen LogP contribution is -3.00. The number of hydrogen-bond acceptors (Lipinski definition) is 1. The largest absolute Gasteiger partial charge is 1.00 e. The molecule has 0 saturated carbocycles. The van der Waals surface area contributed by atoms with Gasteiger partial charge in [0.1, 0.15) is 7.05 Å². The topological polar surface area (TPSA) is 29.9 Å². The molecule has 2 N–H and O–H groups in total. The van der Waals surface area contributed by atoms with Gasteiger partial charge in [-0.2, -0.15) is 4.57 Å². The number of aromatic nitrogens is 1. The molecule has 0 bridgehead atoms. The predicted octanol–water partition coefficient (Wildman–Crippen LogP) is -0.175. The van der Waals surface area contributed by atoms with E-state index in [1.54, 1.807) is 0 Å². The Hall–Kier alpha value is -1.51. The van der Waals surface area contributed by atoms with Crippen LogP contribution in [0.25, 0.3) is 21.8 Å². The summed E-state index contributed by atoms with van der Waals surface area (Å²) >= 11 is 0. The van der Waals surface area contributed by atoms with Crippen molar-refractivity contribution in [2.75, 3.05) is 5.73 Å². The van der Waals surface area contributed by atoms with Crippen LogP contribution in [0.5, 0.6) is 0 Å². The van der Waals surface area contributed by atoms with Crippen LogP contribution in [0, 0.1) is 0 Å². The zero-order valence-corrected chi connectivity index (χ0v) is 11.5. The number of nitrogen functional groups attached to an aromatic ring is 1. The maximum Gasteiger partial charge on any atom is 0.214 e. The number of pyridine rings is 1. The first kappa shape index (κ1) is 14.6. The fourth-order valence-corrected chi connectivity index (χ4v) is 2.22. The summed E-state index contributed by atoms with van der Waals surface area (Å²) in [6, 6.07) is 16.5. The van der Waals surface area contributed by atoms with Gasteiger partial charge < -0.3 is 18.1 Å². The van der Waals surface area contributed by atoms with Crippen LogP contribution < -0.4 is 22.7 Å². The Morgan fingerprint density at radius 3 is 2.39 bits per heavy atom. The van der Waals surface area contributed by atoms with Crippen molar-refractivity contribution in [1.82, 2.24) is 0 Å². The maximum atomic E-state index is 6.00. The molecule has 3 rings (SSSR count). The van der Waals surface area contributed by atoms with Gasteiger partial charge in [0.15, 0.2) is 0 Å². The molecule has 94 valence electrons. The summed E-state index contributed by atoms with van der Waals surface area (Å²) in [5.41, 5.74) is 9.22. The van der Waals surface area contributed by atoms with E-state index in [4.69, 9.17) is 5.73 Å². The molecule has 0 saturated heterocycles. The van der Waals surface area contributed by atoms with Crippen LogP contribution in [0.3, 0.4) is 0 Å². The third-order valence-electron chi connectivity index (χ3n) is 3.08. The number of fused-ring (bicyclic) bond motifs is 2. The molecule has 4 heteroatoms. The van der Waals surface area contributed by atoms with E-state index in [1.165, 1.54) is 16.4 Å². The number of hydrogen-bond donors (Lipinski definition) is 1. The molecule has 0 spiro atoms. The highest BCUT2D eigenvalue weighted by Crippen LogP contribution is 2.22. The number of anilines is 1. The molecule has 0 fully saturated rings. The molecule has 18 heavy (non-hydrogen) atoms. The van der Waals surface area contributed by atoms with Crippen LogP contribution in [-0.4, -0.2) is 0 Å². The minimum absolute atomic E-state index is 0. The summed E-state index contributed by atoms with van der Waals surface area (Å²) in [6.45, 7) is 0. The van der Waals surface area contributed by atoms with Crippen molar-refractivity contribution in [1.29, 1.82) is 0 Å². The van der Waals surface area contributed by atoms with Crippen molar-refractivity contribution < 1.29 is 17.0 Å². The first-order chi connectivity index (χ1) is 7.77. The highest BCUT2D eigenvalue weighted by Gasteiger charge is 2.11. The van der Waals surface area contributed by atoms with Crippen LogP contribution in [0.4, 0.5) is 5.69 Å². The van der Waals surface area contributed by atoms with Gasteiger partial charge in [0.25, 0.3) is 0 Å². The maximum absolute atomic E-state index is 6.00. The Morgan fingerprint density at radius 2 is 1.61 bits per heavy atom. The number of aryl methyl sites for hydroxylation is 1. The van der Waals surface area contributed by atoms with Crippen molar-refractivity contribution in [3.63, 3.8) is 0 Å². The fraction of sp³-hybridized carbons (Fsp3) is 0.0714. The molecular weight excluding hydrogens is 267 g/mol. The lowest BCUT2D eigenvalue weighted by atomic mass is 10.1. The van der Waals surface area contributed by atoms with Gasteiger partial charge in [0.05, 0.1) is 5.39 Å². The molecule has 2 nitrogen and oxygen atoms in total. The zero-order chi connectivity index (χ0) is 11.1. The quantitative estimate of drug-likeness (QED) is 0.346. The minimum Gasteiger partial charge on any atom is -1.00 e. The van der Waals surface area contributed by atoms with Crippen LogP contribution in [0.2, 0.25) is 0 Å². The molecule has 0 aliphatic rings. The average Bonchev–Trinajstić information content (AvgIpc) is 2.31. The molecule has 0 amide bonds. The number of para-hydroxylation sites is 1. The van der Waals surface area contributed by atoms with E-state index in [2.05, 4.69) is 41.9 Å². The van der Waals surface area contributed by atoms with E-state index < -0.39 is 0 Å². The molecule has 3 aromatic rings. The Bertz CT molecular complexity index is 696. The predicted molar refractivity (Wildman–Crippen MR) is 74.3 cm³/mol. The van der Waals surface area contributed by atoms with Crippen molar-refractivity contribution >= 4 is 39.9 Å². The van der Waals surface area contributed by atoms with Crippen molar-refractivity contribution in [3.8, 4) is 0 Å². The number of nitrogens with two attached hydrogens (primary N) is 1. The fourth-order valence-electron chi connectivity index (χ4n) is 2.22. The number of benzene rings is 2. The van der Waals surface area contributed by atoms with Gasteiger partial charge in [-0.25, -0.2) is 0 Å². The van der Waals surface area contributed by atoms with Crippen LogP contribution >= 0.6 is 12.4 Å². The number of halogens is 2. The number of nitrogens with zero attached hydrogens (tertiary/aromatic N) is 1. The Balaban J connectivity index is 0.000000810. The summed E-state index contributed by atoms with van der Waals surface area (Å²) in [5, 5.41) is 2.33. The van der Waals surface area contributed by atoms with Gasteiger partial charge in [-0.05, 0) is 18.2 Å². The van der Waals surface area contributed by atoms with E-state index in [0.29, 0.717) is 0 Å². The van der Waals surface area contributed by atoms with E-state index in [0.717, 1.165) is 11.1 Å². The Morgan fingerprint density at radius 1 is 0.944 bits per heavy atom. The molecule has 2 aromatic carbocycles. The van der Waals surface area contributed by atoms with Crippen molar-refractivity contribution in [3.05, 3.63) is 48.5 Å². The smallest absolute Gasteiger partial charge is 0.214 e. The van der Waals surface area contributed by atoms with Gasteiger partial charge in [-0.1, -0.05) is 18.2 Å². The molecule has 0 atom stereocenters. The average molecular weight is 281 g/mol. The van der Waals surface area contributed by atoms with Gasteiger partial charge in [-0.15, -0.1) is 12.4 Å². The summed E-state index contributed by atoms with van der Waals surface area (Å²) in [5.74, 6) is 0. The van der Waals surface area contributed by atoms with Gasteiger partial charge in [-0.3, -0.25) is 0 Å². The van der Waals surface area contributed by atoms with Crippen molar-refractivity contribution in [2.24, 2.45) is 7.05 Å². The van der Waals surface area contributed by atoms with E-state index >= 15 is 0 Å². The van der Waals surface area contributed by atoms with Crippen LogP contribution in [-0.2, 0) is 7.05 Å². The molecule has 0 aliphatic heterocycles. The molecule has 0 unspecified atom stereocenters. The molecule has 1 heterocycles. The third-order valence-corrected chi connectivity index (χ3v) is 3.08. The second-order valence-electron chi connectivity index (χ2n) is 4.04. The number of rotatable bonds is 0. The van der Waals surface area contributed by atoms with E-state index in [9.17, 15) is 0 Å². The SMILES string of the molecule is C[n+]1c2ccccc2cc2c(N)cccc21.Cl.[Cl-]. The third kappa shape index (κ3) is 2.09. The normalized spacial score (nSPS) is 9.83. The van der Waals surface area contributed by atoms with E-state index in [1.807, 2.05) is 18.2 Å². The monoisotopic (exact) mass is 280 g/mol. The molecule has 1 aromatic heterocycles. The standard InChI is InChI=1S/C14H12N2.2ClH/c1-16-13-7-3-2-5-10(13)9-11-12(15)6-4-8-14(11)16;;/h2-9,15H,1H3;2*1H. The van der Waals surface area contributed by atoms with E-state index in [-0.39, 0.29) is 24.8 Å². The van der Waals surface area contributed by atoms with Crippen molar-refractivity contribution in [2.45, 2.75) is 0 Å². The summed E-state index contributed by atoms with van der Waals surface area (Å²) in [6.07, 6.45) is 0. The Kier molecular flexibility index (Phi) is 4.38. The first-order valence-electron chi connectivity index (χ1n) is 5.33. The van der Waals surface area contributed by atoms with Gasteiger partial charge in [0.2, 0.25) is 11.0 Å². The molecular formula is C14H14Cl2N2. The minimum atomic E-state index is 0. The zero-order valence-electron chi connectivity index (χ0n) is 9.93. The summed E-state index contributed by atoms with van der Waals surface area (Å²) in [4.78, 5) is 0. The van der Waals surface area contributed by atoms with Crippen LogP contribution in [0.15, 0.2) is 48.5 Å². The van der Waals surface area contributed by atoms with Gasteiger partial charge >= 0.3 is 0 Å². The summed E-state index contributed by atoms with van der Waals surface area (Å²) < 4.78 is 2.18. The highest BCUT2D eigenvalue weighted by molar-refractivity contribution is 5.95. The lowest BCUT2D eigenvalue weighted by molar-refractivity contribution is -0.617. The van der Waals surface area contributed by atoms with Gasteiger partial charge in [0, 0.05) is 23.2 Å². The molecule has 0 radical (unpaired) electrons. The lowest BCUT2D eigenvalue weighted by Gasteiger charge is -2.03. The molecule has 0 aliphatic carbocycles. The second kappa shape index (κ2) is 5.42. The summed E-state index contributed by atoms with van der Waals surface area (Å²) in [7, 11) is 2.07. The van der Waals surface area contributed by atoms with Crippen LogP contribution in [0.1, 0.15) is 0 Å². The highest BCUT2D eigenvalue weighted by atomic mass is 35.5. The Labute approximate surface area is 118 Å². The second-order valence-corrected chi connectivity index (χ2v) is 4.04. The first-order valence-corrected chi connectivity index (χ1v) is 5.33.